The van der Waals surface area contributed by atoms with Gasteiger partial charge in [-0.1, -0.05) is 0 Å². The predicted molar refractivity (Wildman–Crippen MR) is 28.1 cm³/mol. The molecule has 0 aromatic carbocycles. The maximum atomic E-state index is 10.5. The monoisotopic (exact) mass is 324 g/mol. The second-order valence-electron chi connectivity index (χ2n) is 2.65. The molecule has 0 aromatic rings. The number of carbonyl (C=O) groups excluding carboxylic acids is 3. The van der Waals surface area contributed by atoms with Crippen molar-refractivity contribution >= 4 is 17.9 Å². The van der Waals surface area contributed by atoms with Gasteiger partial charge in [-0.05, 0) is 0 Å². The van der Waals surface area contributed by atoms with Gasteiger partial charge in [-0.25, -0.2) is 0 Å². The largest absolute Gasteiger partial charge is 1.00 e. The van der Waals surface area contributed by atoms with E-state index >= 15 is 0 Å². The molecule has 0 heterocycles. The zero-order valence-corrected chi connectivity index (χ0v) is 17.2. The third-order valence-electron chi connectivity index (χ3n) is 1.44. The van der Waals surface area contributed by atoms with Crippen molar-refractivity contribution in [3.05, 3.63) is 0 Å². The van der Waals surface area contributed by atoms with Crippen molar-refractivity contribution < 1.29 is 143 Å². The maximum Gasteiger partial charge on any atom is 1.00 e. The molecule has 0 atom stereocenters. The number of rotatable bonds is 7. The quantitative estimate of drug-likeness (QED) is 0.411. The second kappa shape index (κ2) is 13.3. The summed E-state index contributed by atoms with van der Waals surface area (Å²) in [6.07, 6.45) is -3.02. The number of hydrogen-bond acceptors (Lipinski definition) is 9. The fraction of sp³-hybridized carbons (Fsp3) is 0.500. The normalized spacial score (nSPS) is 9.63. The Balaban J connectivity index is -0.000000375. The third kappa shape index (κ3) is 11.9. The van der Waals surface area contributed by atoms with Crippen LogP contribution in [0.25, 0.3) is 0 Å². The van der Waals surface area contributed by atoms with Crippen LogP contribution in [-0.2, 0) is 18.7 Å². The summed E-state index contributed by atoms with van der Waals surface area (Å²) in [4.78, 5) is 30.9. The Morgan fingerprint density at radius 2 is 1.21 bits per heavy atom. The Labute approximate surface area is 177 Å². The molecular weight excluding hydrogens is 320 g/mol. The molecule has 0 spiro atoms. The van der Waals surface area contributed by atoms with E-state index in [4.69, 9.17) is 0 Å². The first-order valence-corrected chi connectivity index (χ1v) is 4.48. The van der Waals surface area contributed by atoms with E-state index in [0.29, 0.717) is 0 Å². The van der Waals surface area contributed by atoms with Crippen LogP contribution in [0, 0.1) is 10.8 Å². The molecule has 0 rings (SSSR count). The van der Waals surface area contributed by atoms with E-state index in [1.807, 2.05) is 0 Å². The Bertz CT molecular complexity index is 294. The van der Waals surface area contributed by atoms with Gasteiger partial charge in [0.2, 0.25) is 5.60 Å². The summed E-state index contributed by atoms with van der Waals surface area (Å²) in [7, 11) is -3.10. The van der Waals surface area contributed by atoms with Gasteiger partial charge in [-0.3, -0.25) is 0 Å². The van der Waals surface area contributed by atoms with Crippen LogP contribution >= 0.6 is 0 Å². The van der Waals surface area contributed by atoms with Gasteiger partial charge in [0.05, 0.1) is 5.97 Å². The summed E-state index contributed by atoms with van der Waals surface area (Å²) in [5.41, 5.74) is -3.08. The van der Waals surface area contributed by atoms with Gasteiger partial charge in [0, 0.05) is 29.1 Å². The van der Waals surface area contributed by atoms with Gasteiger partial charge in [-0.2, -0.15) is 0 Å². The van der Waals surface area contributed by atoms with Gasteiger partial charge in [0.1, 0.15) is 0 Å². The number of halogens is 1. The topological polar surface area (TPSA) is 176 Å². The van der Waals surface area contributed by atoms with Crippen LogP contribution in [0.4, 0.5) is 0 Å². The molecule has 13 heteroatoms. The molecule has 0 aliphatic heterocycles. The van der Waals surface area contributed by atoms with E-state index in [1.165, 1.54) is 0 Å². The Morgan fingerprint density at radius 3 is 1.37 bits per heavy atom. The van der Waals surface area contributed by atoms with Crippen LogP contribution < -0.4 is 113 Å². The Hall–Kier alpha value is 1.58. The molecule has 0 N–H and O–H groups in total. The van der Waals surface area contributed by atoms with Crippen molar-refractivity contribution in [3.8, 4) is 0 Å². The van der Waals surface area contributed by atoms with Crippen LogP contribution in [0.2, 0.25) is 0 Å². The van der Waals surface area contributed by atoms with E-state index in [0.717, 1.165) is 0 Å². The molecule has 0 aromatic heterocycles. The van der Waals surface area contributed by atoms with Crippen molar-refractivity contribution in [2.24, 2.45) is 0 Å². The van der Waals surface area contributed by atoms with E-state index in [2.05, 4.69) is 4.29 Å². The molecule has 92 valence electrons. The summed E-state index contributed by atoms with van der Waals surface area (Å²) in [6, 6.07) is 0. The second-order valence-corrected chi connectivity index (χ2v) is 3.18. The molecule has 0 radical (unpaired) electrons. The zero-order valence-electron chi connectivity index (χ0n) is 10.5. The smallest absolute Gasteiger partial charge is 0.550 e. The van der Waals surface area contributed by atoms with Gasteiger partial charge in [0.25, 0.3) is 10.8 Å². The van der Waals surface area contributed by atoms with Gasteiger partial charge in [-0.15, -0.1) is 0 Å². The van der Waals surface area contributed by atoms with E-state index in [1.54, 1.807) is 0 Å². The molecule has 0 unspecified atom stereocenters. The van der Waals surface area contributed by atoms with E-state index in [-0.39, 0.29) is 88.7 Å². The van der Waals surface area contributed by atoms with Crippen molar-refractivity contribution in [2.75, 3.05) is 0 Å². The molecule has 0 aliphatic rings. The first kappa shape index (κ1) is 28.7. The summed E-state index contributed by atoms with van der Waals surface area (Å²) >= 11 is 0. The summed E-state index contributed by atoms with van der Waals surface area (Å²) in [5.74, 6) is -6.37. The molecule has 0 fully saturated rings. The van der Waals surface area contributed by atoms with Gasteiger partial charge in [0.15, 0.2) is 0 Å². The summed E-state index contributed by atoms with van der Waals surface area (Å²) < 4.78 is 23.9. The molecule has 0 amide bonds. The number of carboxylic acids is 3. The van der Waals surface area contributed by atoms with Crippen LogP contribution in [0.5, 0.6) is 0 Å². The standard InChI is InChI=1S/C6H7ClO9.3Na/c8-3(9)1-6(5(12)13,2-4(10)11)16-7(14)15;;;/h1-2H2,(H,8,9)(H,10,11)(H,12,13);;;/q;3*+1/p-3. The molecular formula is C6H4ClNa3O9. The van der Waals surface area contributed by atoms with Crippen molar-refractivity contribution in [1.82, 2.24) is 0 Å². The zero-order chi connectivity index (χ0) is 12.9. The minimum Gasteiger partial charge on any atom is -0.550 e. The minimum absolute atomic E-state index is 0. The average Bonchev–Trinajstić information content (AvgIpc) is 1.98. The first-order valence-electron chi connectivity index (χ1n) is 3.56. The predicted octanol–water partition coefficient (Wildman–Crippen LogP) is -16.1. The van der Waals surface area contributed by atoms with Gasteiger partial charge >= 0.3 is 88.7 Å². The maximum absolute atomic E-state index is 10.5. The molecule has 0 aliphatic carbocycles. The minimum atomic E-state index is -3.10. The van der Waals surface area contributed by atoms with Crippen molar-refractivity contribution in [2.45, 2.75) is 18.4 Å². The fourth-order valence-electron chi connectivity index (χ4n) is 0.880. The molecule has 19 heavy (non-hydrogen) atoms. The molecule has 0 saturated heterocycles. The Morgan fingerprint density at radius 1 is 0.895 bits per heavy atom. The molecule has 0 saturated carbocycles. The molecule has 9 nitrogen and oxygen atoms in total. The number of aliphatic carboxylic acids is 3. The number of carbonyl (C=O) groups is 3. The third-order valence-corrected chi connectivity index (χ3v) is 1.86. The fourth-order valence-corrected chi connectivity index (χ4v) is 1.29. The van der Waals surface area contributed by atoms with Gasteiger partial charge < -0.3 is 39.0 Å². The first-order chi connectivity index (χ1) is 7.19. The number of hydrogen-bond donors (Lipinski definition) is 0. The number of carboxylic acid groups (broad SMARTS) is 3. The molecule has 0 bridgehead atoms. The van der Waals surface area contributed by atoms with Crippen LogP contribution in [0.15, 0.2) is 0 Å². The van der Waals surface area contributed by atoms with E-state index < -0.39 is 47.1 Å². The van der Waals surface area contributed by atoms with E-state index in [9.17, 15) is 39.0 Å². The Kier molecular flexibility index (Phi) is 20.0. The van der Waals surface area contributed by atoms with Crippen LogP contribution in [0.1, 0.15) is 12.8 Å². The van der Waals surface area contributed by atoms with Crippen molar-refractivity contribution in [3.63, 3.8) is 0 Å². The van der Waals surface area contributed by atoms with Crippen LogP contribution in [-0.4, -0.2) is 23.5 Å². The summed E-state index contributed by atoms with van der Waals surface area (Å²) in [6.45, 7) is 0. The van der Waals surface area contributed by atoms with Crippen LogP contribution in [0.3, 0.4) is 0 Å². The van der Waals surface area contributed by atoms with Crippen molar-refractivity contribution in [1.29, 1.82) is 0 Å². The summed E-state index contributed by atoms with van der Waals surface area (Å²) in [5, 5.41) is 30.9. The SMILES string of the molecule is O=C([O-])CC(CC(=O)[O-])(O[Cl+2]([O-])[O-])C(=O)[O-].[Na+].[Na+].[Na+]. The average molecular weight is 325 g/mol.